The van der Waals surface area contributed by atoms with Crippen LogP contribution in [0.1, 0.15) is 44.7 Å². The molecule has 0 spiro atoms. The largest absolute Gasteiger partial charge is 0.490 e. The zero-order valence-corrected chi connectivity index (χ0v) is 11.7. The number of aryl methyl sites for hydroxylation is 1. The Kier molecular flexibility index (Phi) is 3.47. The standard InChI is InChI=1S/C16H22O2/c1-11-5-7-14-12(9-11)10-13(18-14)6-8-15(17)16(2,3)4/h5,7,9,13H,6,8,10H2,1-4H3. The van der Waals surface area contributed by atoms with Crippen molar-refractivity contribution in [2.75, 3.05) is 0 Å². The maximum atomic E-state index is 11.9. The van der Waals surface area contributed by atoms with Crippen LogP contribution in [-0.4, -0.2) is 11.9 Å². The van der Waals surface area contributed by atoms with Crippen LogP contribution in [0.4, 0.5) is 0 Å². The summed E-state index contributed by atoms with van der Waals surface area (Å²) in [7, 11) is 0. The van der Waals surface area contributed by atoms with Gasteiger partial charge in [0.1, 0.15) is 17.6 Å². The molecule has 18 heavy (non-hydrogen) atoms. The second-order valence-corrected chi connectivity index (χ2v) is 6.27. The van der Waals surface area contributed by atoms with Crippen molar-refractivity contribution < 1.29 is 9.53 Å². The molecule has 0 N–H and O–H groups in total. The zero-order valence-electron chi connectivity index (χ0n) is 11.7. The molecule has 1 aromatic carbocycles. The Morgan fingerprint density at radius 3 is 2.78 bits per heavy atom. The van der Waals surface area contributed by atoms with E-state index >= 15 is 0 Å². The average Bonchev–Trinajstić information content (AvgIpc) is 2.66. The minimum Gasteiger partial charge on any atom is -0.490 e. The van der Waals surface area contributed by atoms with Crippen molar-refractivity contribution in [2.45, 2.75) is 53.1 Å². The van der Waals surface area contributed by atoms with E-state index in [0.29, 0.717) is 12.2 Å². The first-order valence-corrected chi connectivity index (χ1v) is 6.66. The van der Waals surface area contributed by atoms with Crippen LogP contribution in [0.25, 0.3) is 0 Å². The Hall–Kier alpha value is -1.31. The van der Waals surface area contributed by atoms with E-state index in [1.807, 2.05) is 26.8 Å². The monoisotopic (exact) mass is 246 g/mol. The zero-order chi connectivity index (χ0) is 13.3. The second-order valence-electron chi connectivity index (χ2n) is 6.27. The van der Waals surface area contributed by atoms with Gasteiger partial charge in [0, 0.05) is 18.3 Å². The SMILES string of the molecule is Cc1ccc2c(c1)CC(CCC(=O)C(C)(C)C)O2. The van der Waals surface area contributed by atoms with Crippen LogP contribution in [0.3, 0.4) is 0 Å². The summed E-state index contributed by atoms with van der Waals surface area (Å²) in [6.07, 6.45) is 2.55. The van der Waals surface area contributed by atoms with E-state index in [1.54, 1.807) is 0 Å². The van der Waals surface area contributed by atoms with E-state index in [4.69, 9.17) is 4.74 Å². The van der Waals surface area contributed by atoms with Gasteiger partial charge in [-0.2, -0.15) is 0 Å². The third-order valence-electron chi connectivity index (χ3n) is 3.49. The Morgan fingerprint density at radius 2 is 2.11 bits per heavy atom. The van der Waals surface area contributed by atoms with Crippen LogP contribution >= 0.6 is 0 Å². The van der Waals surface area contributed by atoms with E-state index in [-0.39, 0.29) is 11.5 Å². The molecule has 0 saturated heterocycles. The molecule has 98 valence electrons. The van der Waals surface area contributed by atoms with Gasteiger partial charge in [-0.05, 0) is 25.0 Å². The summed E-state index contributed by atoms with van der Waals surface area (Å²) >= 11 is 0. The highest BCUT2D eigenvalue weighted by atomic mass is 16.5. The highest BCUT2D eigenvalue weighted by Gasteiger charge is 2.26. The Labute approximate surface area is 109 Å². The fraction of sp³-hybridized carbons (Fsp3) is 0.562. The molecule has 2 rings (SSSR count). The molecule has 0 radical (unpaired) electrons. The highest BCUT2D eigenvalue weighted by Crippen LogP contribution is 2.31. The van der Waals surface area contributed by atoms with Crippen LogP contribution in [0.2, 0.25) is 0 Å². The predicted octanol–water partition coefficient (Wildman–Crippen LogP) is 3.69. The maximum absolute atomic E-state index is 11.9. The number of hydrogen-bond acceptors (Lipinski definition) is 2. The lowest BCUT2D eigenvalue weighted by atomic mass is 9.87. The summed E-state index contributed by atoms with van der Waals surface area (Å²) < 4.78 is 5.87. The van der Waals surface area contributed by atoms with Crippen molar-refractivity contribution in [3.05, 3.63) is 29.3 Å². The molecular weight excluding hydrogens is 224 g/mol. The topological polar surface area (TPSA) is 26.3 Å². The van der Waals surface area contributed by atoms with E-state index in [1.165, 1.54) is 11.1 Å². The first-order valence-electron chi connectivity index (χ1n) is 6.66. The Morgan fingerprint density at radius 1 is 1.39 bits per heavy atom. The third kappa shape index (κ3) is 2.92. The summed E-state index contributed by atoms with van der Waals surface area (Å²) in [4.78, 5) is 11.9. The van der Waals surface area contributed by atoms with Crippen molar-refractivity contribution in [3.8, 4) is 5.75 Å². The summed E-state index contributed by atoms with van der Waals surface area (Å²) in [5, 5.41) is 0. The van der Waals surface area contributed by atoms with E-state index in [9.17, 15) is 4.79 Å². The van der Waals surface area contributed by atoms with Crippen LogP contribution in [0, 0.1) is 12.3 Å². The predicted molar refractivity (Wildman–Crippen MR) is 73.0 cm³/mol. The molecule has 1 aliphatic heterocycles. The molecule has 1 aliphatic rings. The molecule has 0 bridgehead atoms. The molecule has 0 saturated carbocycles. The van der Waals surface area contributed by atoms with Crippen molar-refractivity contribution in [3.63, 3.8) is 0 Å². The maximum Gasteiger partial charge on any atom is 0.138 e. The van der Waals surface area contributed by atoms with Crippen molar-refractivity contribution >= 4 is 5.78 Å². The van der Waals surface area contributed by atoms with Crippen molar-refractivity contribution in [1.82, 2.24) is 0 Å². The molecule has 0 fully saturated rings. The summed E-state index contributed by atoms with van der Waals surface area (Å²) in [6, 6.07) is 6.29. The number of carbonyl (C=O) groups excluding carboxylic acids is 1. The minimum atomic E-state index is -0.234. The summed E-state index contributed by atoms with van der Waals surface area (Å²) in [5.41, 5.74) is 2.31. The smallest absolute Gasteiger partial charge is 0.138 e. The van der Waals surface area contributed by atoms with Crippen LogP contribution in [0.5, 0.6) is 5.75 Å². The van der Waals surface area contributed by atoms with Gasteiger partial charge in [-0.15, -0.1) is 0 Å². The molecule has 0 aromatic heterocycles. The number of hydrogen-bond donors (Lipinski definition) is 0. The van der Waals surface area contributed by atoms with Gasteiger partial charge in [0.2, 0.25) is 0 Å². The van der Waals surface area contributed by atoms with Gasteiger partial charge in [0.05, 0.1) is 0 Å². The number of carbonyl (C=O) groups is 1. The number of rotatable bonds is 3. The molecule has 1 aromatic rings. The molecule has 2 nitrogen and oxygen atoms in total. The van der Waals surface area contributed by atoms with Gasteiger partial charge in [-0.3, -0.25) is 4.79 Å². The van der Waals surface area contributed by atoms with E-state index in [2.05, 4.69) is 19.1 Å². The first-order chi connectivity index (χ1) is 8.36. The quantitative estimate of drug-likeness (QED) is 0.813. The molecule has 0 aliphatic carbocycles. The van der Waals surface area contributed by atoms with Crippen LogP contribution in [-0.2, 0) is 11.2 Å². The fourth-order valence-corrected chi connectivity index (χ4v) is 2.28. The molecular formula is C16H22O2. The fourth-order valence-electron chi connectivity index (χ4n) is 2.28. The first kappa shape index (κ1) is 13.1. The van der Waals surface area contributed by atoms with Gasteiger partial charge in [-0.1, -0.05) is 38.5 Å². The lowest BCUT2D eigenvalue weighted by molar-refractivity contribution is -0.126. The highest BCUT2D eigenvalue weighted by molar-refractivity contribution is 5.83. The van der Waals surface area contributed by atoms with E-state index < -0.39 is 0 Å². The van der Waals surface area contributed by atoms with E-state index in [0.717, 1.165) is 18.6 Å². The lowest BCUT2D eigenvalue weighted by Gasteiger charge is -2.17. The molecule has 1 heterocycles. The molecule has 0 amide bonds. The lowest BCUT2D eigenvalue weighted by Crippen LogP contribution is -2.23. The number of ketones is 1. The average molecular weight is 246 g/mol. The summed E-state index contributed by atoms with van der Waals surface area (Å²) in [5.74, 6) is 1.31. The molecule has 1 unspecified atom stereocenters. The minimum absolute atomic E-state index is 0.174. The Balaban J connectivity index is 1.91. The number of ether oxygens (including phenoxy) is 1. The van der Waals surface area contributed by atoms with Crippen LogP contribution in [0.15, 0.2) is 18.2 Å². The van der Waals surface area contributed by atoms with Gasteiger partial charge >= 0.3 is 0 Å². The van der Waals surface area contributed by atoms with Gasteiger partial charge in [0.25, 0.3) is 0 Å². The normalized spacial score (nSPS) is 18.3. The number of fused-ring (bicyclic) bond motifs is 1. The molecule has 1 atom stereocenters. The number of Topliss-reactive ketones (excluding diaryl/α,β-unsaturated/α-hetero) is 1. The van der Waals surface area contributed by atoms with Gasteiger partial charge in [-0.25, -0.2) is 0 Å². The van der Waals surface area contributed by atoms with Crippen LogP contribution < -0.4 is 4.74 Å². The van der Waals surface area contributed by atoms with Gasteiger partial charge in [0.15, 0.2) is 0 Å². The Bertz CT molecular complexity index is 455. The van der Waals surface area contributed by atoms with Gasteiger partial charge < -0.3 is 4.74 Å². The number of benzene rings is 1. The van der Waals surface area contributed by atoms with Crippen molar-refractivity contribution in [1.29, 1.82) is 0 Å². The van der Waals surface area contributed by atoms with Crippen molar-refractivity contribution in [2.24, 2.45) is 5.41 Å². The second kappa shape index (κ2) is 4.75. The third-order valence-corrected chi connectivity index (χ3v) is 3.49. The molecule has 2 heteroatoms. The summed E-state index contributed by atoms with van der Waals surface area (Å²) in [6.45, 7) is 8.02.